The second-order valence-electron chi connectivity index (χ2n) is 4.32. The Hall–Kier alpha value is -1.65. The summed E-state index contributed by atoms with van der Waals surface area (Å²) in [6, 6.07) is 15.4. The molecular formula is C15H10BrClN2O. The van der Waals surface area contributed by atoms with Gasteiger partial charge in [-0.1, -0.05) is 44.8 Å². The van der Waals surface area contributed by atoms with Gasteiger partial charge in [0, 0.05) is 15.1 Å². The van der Waals surface area contributed by atoms with Gasteiger partial charge < -0.3 is 4.52 Å². The van der Waals surface area contributed by atoms with Crippen LogP contribution in [0.15, 0.2) is 57.5 Å². The fourth-order valence-corrected chi connectivity index (χ4v) is 2.21. The Bertz CT molecular complexity index is 707. The van der Waals surface area contributed by atoms with Crippen LogP contribution < -0.4 is 0 Å². The van der Waals surface area contributed by atoms with Crippen molar-refractivity contribution in [2.75, 3.05) is 0 Å². The summed E-state index contributed by atoms with van der Waals surface area (Å²) in [5, 5.41) is 4.68. The Kier molecular flexibility index (Phi) is 3.85. The van der Waals surface area contributed by atoms with Gasteiger partial charge in [0.05, 0.1) is 6.42 Å². The maximum Gasteiger partial charge on any atom is 0.231 e. The number of rotatable bonds is 3. The van der Waals surface area contributed by atoms with Gasteiger partial charge in [-0.3, -0.25) is 0 Å². The minimum atomic E-state index is 0.578. The summed E-state index contributed by atoms with van der Waals surface area (Å²) in [4.78, 5) is 4.40. The van der Waals surface area contributed by atoms with Gasteiger partial charge in [-0.25, -0.2) is 0 Å². The molecule has 0 amide bonds. The SMILES string of the molecule is Clc1ccc(-c2noc(Cc3ccc(Br)cc3)n2)cc1. The van der Waals surface area contributed by atoms with Gasteiger partial charge in [0.1, 0.15) is 0 Å². The molecule has 1 aromatic heterocycles. The van der Waals surface area contributed by atoms with E-state index in [0.717, 1.165) is 15.6 Å². The maximum absolute atomic E-state index is 5.86. The Morgan fingerprint density at radius 1 is 1.00 bits per heavy atom. The van der Waals surface area contributed by atoms with E-state index >= 15 is 0 Å². The number of aromatic nitrogens is 2. The highest BCUT2D eigenvalue weighted by atomic mass is 79.9. The molecule has 0 saturated heterocycles. The number of benzene rings is 2. The highest BCUT2D eigenvalue weighted by Gasteiger charge is 2.09. The van der Waals surface area contributed by atoms with Crippen LogP contribution in [0.4, 0.5) is 0 Å². The molecule has 0 aliphatic carbocycles. The molecule has 0 radical (unpaired) electrons. The minimum Gasteiger partial charge on any atom is -0.339 e. The average molecular weight is 350 g/mol. The minimum absolute atomic E-state index is 0.578. The van der Waals surface area contributed by atoms with Crippen LogP contribution in [0, 0.1) is 0 Å². The van der Waals surface area contributed by atoms with E-state index in [1.54, 1.807) is 0 Å². The molecule has 3 rings (SSSR count). The molecule has 0 aliphatic heterocycles. The van der Waals surface area contributed by atoms with Crippen molar-refractivity contribution in [3.8, 4) is 11.4 Å². The Labute approximate surface area is 129 Å². The predicted octanol–water partition coefficient (Wildman–Crippen LogP) is 4.74. The fourth-order valence-electron chi connectivity index (χ4n) is 1.82. The van der Waals surface area contributed by atoms with Crippen LogP contribution in [-0.2, 0) is 6.42 Å². The highest BCUT2D eigenvalue weighted by Crippen LogP contribution is 2.20. The zero-order valence-electron chi connectivity index (χ0n) is 10.4. The molecule has 0 fully saturated rings. The van der Waals surface area contributed by atoms with Crippen LogP contribution in [0.2, 0.25) is 5.02 Å². The summed E-state index contributed by atoms with van der Waals surface area (Å²) >= 11 is 9.27. The molecule has 20 heavy (non-hydrogen) atoms. The van der Waals surface area contributed by atoms with Gasteiger partial charge in [-0.05, 0) is 42.0 Å². The molecule has 0 bridgehead atoms. The maximum atomic E-state index is 5.86. The summed E-state index contributed by atoms with van der Waals surface area (Å²) in [5.74, 6) is 1.17. The lowest BCUT2D eigenvalue weighted by Crippen LogP contribution is -1.88. The monoisotopic (exact) mass is 348 g/mol. The highest BCUT2D eigenvalue weighted by molar-refractivity contribution is 9.10. The third-order valence-corrected chi connectivity index (χ3v) is 3.62. The Morgan fingerprint density at radius 2 is 1.70 bits per heavy atom. The largest absolute Gasteiger partial charge is 0.339 e. The number of halogens is 2. The van der Waals surface area contributed by atoms with Crippen molar-refractivity contribution in [1.29, 1.82) is 0 Å². The average Bonchev–Trinajstić information content (AvgIpc) is 2.91. The molecule has 0 saturated carbocycles. The van der Waals surface area contributed by atoms with Gasteiger partial charge in [0.25, 0.3) is 0 Å². The number of hydrogen-bond donors (Lipinski definition) is 0. The second kappa shape index (κ2) is 5.77. The van der Waals surface area contributed by atoms with Crippen molar-refractivity contribution in [3.05, 3.63) is 69.5 Å². The van der Waals surface area contributed by atoms with Crippen LogP contribution in [0.25, 0.3) is 11.4 Å². The lowest BCUT2D eigenvalue weighted by molar-refractivity contribution is 0.385. The molecular weight excluding hydrogens is 340 g/mol. The van der Waals surface area contributed by atoms with E-state index in [1.807, 2.05) is 48.5 Å². The van der Waals surface area contributed by atoms with E-state index in [0.29, 0.717) is 23.2 Å². The fraction of sp³-hybridized carbons (Fsp3) is 0.0667. The van der Waals surface area contributed by atoms with Crippen LogP contribution in [0.1, 0.15) is 11.5 Å². The summed E-state index contributed by atoms with van der Waals surface area (Å²) in [7, 11) is 0. The first-order valence-corrected chi connectivity index (χ1v) is 7.21. The van der Waals surface area contributed by atoms with Crippen molar-refractivity contribution in [2.45, 2.75) is 6.42 Å². The van der Waals surface area contributed by atoms with E-state index in [1.165, 1.54) is 0 Å². The number of hydrogen-bond acceptors (Lipinski definition) is 3. The van der Waals surface area contributed by atoms with Crippen LogP contribution in [0.5, 0.6) is 0 Å². The molecule has 0 spiro atoms. The lowest BCUT2D eigenvalue weighted by Gasteiger charge is -1.96. The van der Waals surface area contributed by atoms with Crippen LogP contribution >= 0.6 is 27.5 Å². The molecule has 0 unspecified atom stereocenters. The molecule has 0 atom stereocenters. The molecule has 0 aliphatic rings. The lowest BCUT2D eigenvalue weighted by atomic mass is 10.1. The second-order valence-corrected chi connectivity index (χ2v) is 5.67. The smallest absolute Gasteiger partial charge is 0.231 e. The summed E-state index contributed by atoms with van der Waals surface area (Å²) in [6.07, 6.45) is 0.619. The molecule has 5 heteroatoms. The summed E-state index contributed by atoms with van der Waals surface area (Å²) < 4.78 is 6.33. The van der Waals surface area contributed by atoms with Gasteiger partial charge in [0.2, 0.25) is 11.7 Å². The number of nitrogens with zero attached hydrogens (tertiary/aromatic N) is 2. The van der Waals surface area contributed by atoms with E-state index in [2.05, 4.69) is 26.1 Å². The van der Waals surface area contributed by atoms with E-state index < -0.39 is 0 Å². The molecule has 2 aromatic carbocycles. The molecule has 100 valence electrons. The topological polar surface area (TPSA) is 38.9 Å². The first-order chi connectivity index (χ1) is 9.70. The quantitative estimate of drug-likeness (QED) is 0.685. The van der Waals surface area contributed by atoms with Crippen molar-refractivity contribution in [1.82, 2.24) is 10.1 Å². The summed E-state index contributed by atoms with van der Waals surface area (Å²) in [5.41, 5.74) is 2.01. The summed E-state index contributed by atoms with van der Waals surface area (Å²) in [6.45, 7) is 0. The standard InChI is InChI=1S/C15H10BrClN2O/c16-12-5-1-10(2-6-12)9-14-18-15(19-20-14)11-3-7-13(17)8-4-11/h1-8H,9H2. The van der Waals surface area contributed by atoms with Crippen LogP contribution in [0.3, 0.4) is 0 Å². The zero-order valence-corrected chi connectivity index (χ0v) is 12.7. The third kappa shape index (κ3) is 3.08. The van der Waals surface area contributed by atoms with E-state index in [-0.39, 0.29) is 0 Å². The van der Waals surface area contributed by atoms with Crippen molar-refractivity contribution >= 4 is 27.5 Å². The first kappa shape index (κ1) is 13.3. The molecule has 0 N–H and O–H groups in total. The first-order valence-electron chi connectivity index (χ1n) is 6.04. The van der Waals surface area contributed by atoms with Crippen molar-refractivity contribution < 1.29 is 4.52 Å². The zero-order chi connectivity index (χ0) is 13.9. The van der Waals surface area contributed by atoms with Gasteiger partial charge in [-0.15, -0.1) is 0 Å². The molecule has 3 nitrogen and oxygen atoms in total. The van der Waals surface area contributed by atoms with Gasteiger partial charge in [0.15, 0.2) is 0 Å². The Morgan fingerprint density at radius 3 is 2.40 bits per heavy atom. The molecule has 1 heterocycles. The van der Waals surface area contributed by atoms with Crippen molar-refractivity contribution in [2.24, 2.45) is 0 Å². The Balaban J connectivity index is 1.80. The van der Waals surface area contributed by atoms with E-state index in [9.17, 15) is 0 Å². The predicted molar refractivity (Wildman–Crippen MR) is 81.7 cm³/mol. The van der Waals surface area contributed by atoms with Crippen molar-refractivity contribution in [3.63, 3.8) is 0 Å². The van der Waals surface area contributed by atoms with Gasteiger partial charge in [-0.2, -0.15) is 4.98 Å². The van der Waals surface area contributed by atoms with Crippen LogP contribution in [-0.4, -0.2) is 10.1 Å². The molecule has 3 aromatic rings. The van der Waals surface area contributed by atoms with E-state index in [4.69, 9.17) is 16.1 Å². The normalized spacial score (nSPS) is 10.7. The van der Waals surface area contributed by atoms with Gasteiger partial charge >= 0.3 is 0 Å². The third-order valence-electron chi connectivity index (χ3n) is 2.84.